The smallest absolute Gasteiger partial charge is 0.258 e. The zero-order chi connectivity index (χ0) is 20.5. The fourth-order valence-electron chi connectivity index (χ4n) is 3.40. The van der Waals surface area contributed by atoms with Gasteiger partial charge in [0.15, 0.2) is 5.65 Å². The van der Waals surface area contributed by atoms with Gasteiger partial charge in [-0.3, -0.25) is 9.48 Å². The van der Waals surface area contributed by atoms with Crippen LogP contribution >= 0.6 is 0 Å². The summed E-state index contributed by atoms with van der Waals surface area (Å²) in [5.74, 6) is 1.38. The number of carbonyl (C=O) groups excluding carboxylic acids is 1. The zero-order valence-corrected chi connectivity index (χ0v) is 16.9. The Balaban J connectivity index is 1.62. The summed E-state index contributed by atoms with van der Waals surface area (Å²) in [6.45, 7) is 3.78. The van der Waals surface area contributed by atoms with Gasteiger partial charge in [0.05, 0.1) is 16.6 Å². The molecule has 6 heteroatoms. The van der Waals surface area contributed by atoms with Gasteiger partial charge in [0.25, 0.3) is 5.91 Å². The monoisotopic (exact) mass is 386 g/mol. The van der Waals surface area contributed by atoms with Crippen molar-refractivity contribution >= 4 is 22.6 Å². The average Bonchev–Trinajstić information content (AvgIpc) is 3.01. The number of fused-ring (bicyclic) bond motifs is 1. The van der Waals surface area contributed by atoms with Crippen molar-refractivity contribution in [2.45, 2.75) is 13.8 Å². The molecule has 0 saturated carbocycles. The summed E-state index contributed by atoms with van der Waals surface area (Å²) in [4.78, 5) is 19.4. The van der Waals surface area contributed by atoms with Crippen LogP contribution in [0.1, 0.15) is 21.7 Å². The molecule has 0 atom stereocenters. The van der Waals surface area contributed by atoms with Gasteiger partial charge in [-0.2, -0.15) is 5.10 Å². The number of ether oxygens (including phenoxy) is 1. The number of benzene rings is 2. The minimum Gasteiger partial charge on any atom is -0.457 e. The highest BCUT2D eigenvalue weighted by atomic mass is 16.5. The van der Waals surface area contributed by atoms with E-state index in [0.717, 1.165) is 28.2 Å². The second kappa shape index (κ2) is 7.39. The Morgan fingerprint density at radius 1 is 1.00 bits per heavy atom. The lowest BCUT2D eigenvalue weighted by molar-refractivity contribution is 0.0994. The van der Waals surface area contributed by atoms with Gasteiger partial charge in [0, 0.05) is 25.5 Å². The van der Waals surface area contributed by atoms with Crippen LogP contribution in [0.5, 0.6) is 11.5 Å². The number of pyridine rings is 1. The number of aryl methyl sites for hydroxylation is 3. The van der Waals surface area contributed by atoms with Crippen molar-refractivity contribution in [1.82, 2.24) is 14.8 Å². The van der Waals surface area contributed by atoms with Crippen molar-refractivity contribution < 1.29 is 9.53 Å². The van der Waals surface area contributed by atoms with Crippen molar-refractivity contribution in [1.29, 1.82) is 0 Å². The van der Waals surface area contributed by atoms with E-state index in [2.05, 4.69) is 10.1 Å². The molecule has 1 amide bonds. The van der Waals surface area contributed by atoms with E-state index in [0.29, 0.717) is 17.0 Å². The Kier molecular flexibility index (Phi) is 4.76. The van der Waals surface area contributed by atoms with Gasteiger partial charge in [0.1, 0.15) is 11.5 Å². The van der Waals surface area contributed by atoms with Gasteiger partial charge in [0.2, 0.25) is 0 Å². The number of para-hydroxylation sites is 1. The molecule has 146 valence electrons. The maximum Gasteiger partial charge on any atom is 0.258 e. The number of nitrogens with zero attached hydrogens (tertiary/aromatic N) is 4. The first-order valence-electron chi connectivity index (χ1n) is 9.36. The van der Waals surface area contributed by atoms with E-state index in [1.165, 1.54) is 0 Å². The third-order valence-corrected chi connectivity index (χ3v) is 4.83. The number of hydrogen-bond acceptors (Lipinski definition) is 4. The molecule has 0 spiro atoms. The summed E-state index contributed by atoms with van der Waals surface area (Å²) in [5, 5.41) is 5.22. The Bertz CT molecular complexity index is 1180. The average molecular weight is 386 g/mol. The summed E-state index contributed by atoms with van der Waals surface area (Å²) >= 11 is 0. The maximum atomic E-state index is 13.3. The quantitative estimate of drug-likeness (QED) is 0.512. The van der Waals surface area contributed by atoms with Gasteiger partial charge in [-0.1, -0.05) is 18.2 Å². The molecule has 0 aliphatic rings. The van der Waals surface area contributed by atoms with Gasteiger partial charge in [-0.15, -0.1) is 0 Å². The fraction of sp³-hybridized carbons (Fsp3) is 0.174. The van der Waals surface area contributed by atoms with Crippen molar-refractivity contribution in [2.75, 3.05) is 11.9 Å². The molecule has 2 heterocycles. The molecule has 4 rings (SSSR count). The van der Waals surface area contributed by atoms with E-state index in [4.69, 9.17) is 4.74 Å². The van der Waals surface area contributed by atoms with E-state index in [1.54, 1.807) is 16.6 Å². The normalized spacial score (nSPS) is 10.9. The molecule has 0 radical (unpaired) electrons. The summed E-state index contributed by atoms with van der Waals surface area (Å²) in [7, 11) is 3.61. The molecule has 0 fully saturated rings. The molecular formula is C23H22N4O2. The number of carbonyl (C=O) groups is 1. The molecule has 2 aromatic carbocycles. The Hall–Kier alpha value is -3.67. The highest BCUT2D eigenvalue weighted by molar-refractivity contribution is 6.13. The van der Waals surface area contributed by atoms with E-state index >= 15 is 0 Å². The van der Waals surface area contributed by atoms with Crippen molar-refractivity contribution in [2.24, 2.45) is 7.05 Å². The van der Waals surface area contributed by atoms with E-state index in [1.807, 2.05) is 81.6 Å². The van der Waals surface area contributed by atoms with Crippen LogP contribution in [-0.4, -0.2) is 27.7 Å². The van der Waals surface area contributed by atoms with Crippen LogP contribution in [0, 0.1) is 13.8 Å². The van der Waals surface area contributed by atoms with Crippen molar-refractivity contribution in [3.05, 3.63) is 77.6 Å². The number of rotatable bonds is 4. The molecule has 29 heavy (non-hydrogen) atoms. The van der Waals surface area contributed by atoms with Crippen LogP contribution in [0.15, 0.2) is 60.7 Å². The van der Waals surface area contributed by atoms with Crippen molar-refractivity contribution in [3.8, 4) is 11.5 Å². The molecule has 4 aromatic rings. The lowest BCUT2D eigenvalue weighted by atomic mass is 10.1. The summed E-state index contributed by atoms with van der Waals surface area (Å²) in [5.41, 5.74) is 3.66. The molecule has 0 N–H and O–H groups in total. The third-order valence-electron chi connectivity index (χ3n) is 4.83. The standard InChI is InChI=1S/C23H22N4O2/c1-15-14-20(21-16(2)25-27(4)22(21)24-15)23(28)26(3)17-10-12-19(13-11-17)29-18-8-6-5-7-9-18/h5-14H,1-4H3. The summed E-state index contributed by atoms with van der Waals surface area (Å²) in [6, 6.07) is 18.9. The highest BCUT2D eigenvalue weighted by Gasteiger charge is 2.21. The number of anilines is 1. The lowest BCUT2D eigenvalue weighted by Crippen LogP contribution is -2.26. The van der Waals surface area contributed by atoms with Gasteiger partial charge >= 0.3 is 0 Å². The molecule has 0 aliphatic carbocycles. The number of amides is 1. The van der Waals surface area contributed by atoms with Crippen LogP contribution < -0.4 is 9.64 Å². The van der Waals surface area contributed by atoms with E-state index in [-0.39, 0.29) is 5.91 Å². The van der Waals surface area contributed by atoms with Crippen LogP contribution in [0.4, 0.5) is 5.69 Å². The minimum absolute atomic E-state index is 0.103. The Labute approximate surface area is 169 Å². The summed E-state index contributed by atoms with van der Waals surface area (Å²) in [6.07, 6.45) is 0. The second-order valence-corrected chi connectivity index (χ2v) is 6.99. The lowest BCUT2D eigenvalue weighted by Gasteiger charge is -2.19. The Morgan fingerprint density at radius 2 is 1.66 bits per heavy atom. The predicted octanol–water partition coefficient (Wildman–Crippen LogP) is 4.65. The predicted molar refractivity (Wildman–Crippen MR) is 114 cm³/mol. The summed E-state index contributed by atoms with van der Waals surface area (Å²) < 4.78 is 7.54. The largest absolute Gasteiger partial charge is 0.457 e. The van der Waals surface area contributed by atoms with E-state index in [9.17, 15) is 4.79 Å². The van der Waals surface area contributed by atoms with E-state index < -0.39 is 0 Å². The Morgan fingerprint density at radius 3 is 2.34 bits per heavy atom. The molecule has 0 saturated heterocycles. The zero-order valence-electron chi connectivity index (χ0n) is 16.9. The molecular weight excluding hydrogens is 364 g/mol. The van der Waals surface area contributed by atoms with Crippen LogP contribution in [0.3, 0.4) is 0 Å². The maximum absolute atomic E-state index is 13.3. The molecule has 6 nitrogen and oxygen atoms in total. The van der Waals surface area contributed by atoms with Gasteiger partial charge in [-0.05, 0) is 56.3 Å². The van der Waals surface area contributed by atoms with Crippen LogP contribution in [0.2, 0.25) is 0 Å². The topological polar surface area (TPSA) is 60.3 Å². The number of aromatic nitrogens is 3. The molecule has 0 unspecified atom stereocenters. The number of hydrogen-bond donors (Lipinski definition) is 0. The fourth-order valence-corrected chi connectivity index (χ4v) is 3.40. The molecule has 2 aromatic heterocycles. The van der Waals surface area contributed by atoms with Crippen LogP contribution in [-0.2, 0) is 7.05 Å². The molecule has 0 aliphatic heterocycles. The first-order chi connectivity index (χ1) is 13.9. The van der Waals surface area contributed by atoms with Crippen molar-refractivity contribution in [3.63, 3.8) is 0 Å². The first-order valence-corrected chi connectivity index (χ1v) is 9.36. The van der Waals surface area contributed by atoms with Crippen LogP contribution in [0.25, 0.3) is 11.0 Å². The third kappa shape index (κ3) is 3.57. The van der Waals surface area contributed by atoms with Gasteiger partial charge < -0.3 is 9.64 Å². The molecule has 0 bridgehead atoms. The first kappa shape index (κ1) is 18.7. The highest BCUT2D eigenvalue weighted by Crippen LogP contribution is 2.27. The second-order valence-electron chi connectivity index (χ2n) is 6.99. The van der Waals surface area contributed by atoms with Gasteiger partial charge in [-0.25, -0.2) is 4.98 Å². The SMILES string of the molecule is Cc1cc(C(=O)N(C)c2ccc(Oc3ccccc3)cc2)c2c(C)nn(C)c2n1. The minimum atomic E-state index is -0.103.